The van der Waals surface area contributed by atoms with Crippen molar-refractivity contribution >= 4 is 5.78 Å². The molecule has 1 atom stereocenters. The minimum absolute atomic E-state index is 0.168. The van der Waals surface area contributed by atoms with Gasteiger partial charge in [0, 0.05) is 17.5 Å². The van der Waals surface area contributed by atoms with Crippen LogP contribution >= 0.6 is 0 Å². The molecule has 17 heavy (non-hydrogen) atoms. The molecule has 0 aromatic heterocycles. The number of benzene rings is 1. The Hall–Kier alpha value is -1.15. The summed E-state index contributed by atoms with van der Waals surface area (Å²) in [5.41, 5.74) is 3.01. The molecule has 1 aromatic carbocycles. The van der Waals surface area contributed by atoms with Crippen LogP contribution in [0.5, 0.6) is 0 Å². The highest BCUT2D eigenvalue weighted by molar-refractivity contribution is 6.02. The number of nitrogens with one attached hydrogen (secondary N) is 1. The molecule has 92 valence electrons. The monoisotopic (exact) mass is 231 g/mol. The summed E-state index contributed by atoms with van der Waals surface area (Å²) in [5, 5.41) is 3.33. The summed E-state index contributed by atoms with van der Waals surface area (Å²) >= 11 is 0. The van der Waals surface area contributed by atoms with Crippen molar-refractivity contribution in [3.8, 4) is 0 Å². The third kappa shape index (κ3) is 2.14. The highest BCUT2D eigenvalue weighted by atomic mass is 16.1. The minimum Gasteiger partial charge on any atom is -0.316 e. The average Bonchev–Trinajstić information content (AvgIpc) is 2.81. The summed E-state index contributed by atoms with van der Waals surface area (Å²) in [6.07, 6.45) is 1.89. The van der Waals surface area contributed by atoms with Gasteiger partial charge in [0.2, 0.25) is 0 Å². The van der Waals surface area contributed by atoms with Gasteiger partial charge >= 0.3 is 0 Å². The normalized spacial score (nSPS) is 23.9. The van der Waals surface area contributed by atoms with Crippen LogP contribution in [0.1, 0.15) is 41.3 Å². The third-order valence-electron chi connectivity index (χ3n) is 4.04. The second-order valence-corrected chi connectivity index (χ2v) is 5.21. The van der Waals surface area contributed by atoms with E-state index in [0.717, 1.165) is 42.6 Å². The quantitative estimate of drug-likeness (QED) is 0.810. The van der Waals surface area contributed by atoms with Gasteiger partial charge in [0.1, 0.15) is 0 Å². The first-order valence-corrected chi connectivity index (χ1v) is 6.42. The van der Waals surface area contributed by atoms with Crippen LogP contribution in [0.4, 0.5) is 0 Å². The Bertz CT molecular complexity index is 431. The van der Waals surface area contributed by atoms with Gasteiger partial charge in [-0.15, -0.1) is 0 Å². The Labute approximate surface area is 103 Å². The molecule has 0 spiro atoms. The van der Waals surface area contributed by atoms with Crippen molar-refractivity contribution in [1.29, 1.82) is 0 Å². The second-order valence-electron chi connectivity index (χ2n) is 5.21. The van der Waals surface area contributed by atoms with E-state index < -0.39 is 0 Å². The number of aryl methyl sites for hydroxylation is 2. The SMILES string of the molecule is CCC1(C(=O)c2cc(C)ccc2C)CCNC1. The minimum atomic E-state index is -0.168. The molecule has 1 unspecified atom stereocenters. The van der Waals surface area contributed by atoms with E-state index in [9.17, 15) is 4.79 Å². The molecule has 0 bridgehead atoms. The zero-order chi connectivity index (χ0) is 12.5. The van der Waals surface area contributed by atoms with Crippen molar-refractivity contribution in [2.75, 3.05) is 13.1 Å². The molecule has 0 aliphatic carbocycles. The molecular formula is C15H21NO. The molecule has 1 aliphatic rings. The Kier molecular flexibility index (Phi) is 3.34. The van der Waals surface area contributed by atoms with E-state index in [1.807, 2.05) is 26.0 Å². The molecule has 0 amide bonds. The maximum Gasteiger partial charge on any atom is 0.170 e. The number of rotatable bonds is 3. The van der Waals surface area contributed by atoms with Crippen molar-refractivity contribution in [1.82, 2.24) is 5.32 Å². The first kappa shape index (κ1) is 12.3. The summed E-state index contributed by atoms with van der Waals surface area (Å²) in [6.45, 7) is 7.98. The van der Waals surface area contributed by atoms with E-state index in [1.54, 1.807) is 0 Å². The Morgan fingerprint density at radius 1 is 1.41 bits per heavy atom. The van der Waals surface area contributed by atoms with Gasteiger partial charge in [-0.25, -0.2) is 0 Å². The molecule has 2 rings (SSSR count). The lowest BCUT2D eigenvalue weighted by Crippen LogP contribution is -2.33. The maximum atomic E-state index is 12.7. The molecule has 1 saturated heterocycles. The lowest BCUT2D eigenvalue weighted by atomic mass is 9.76. The Morgan fingerprint density at radius 3 is 2.76 bits per heavy atom. The van der Waals surface area contributed by atoms with Gasteiger partial charge in [0.25, 0.3) is 0 Å². The molecule has 1 aromatic rings. The van der Waals surface area contributed by atoms with Gasteiger partial charge in [-0.05, 0) is 44.9 Å². The largest absolute Gasteiger partial charge is 0.316 e. The molecule has 1 heterocycles. The van der Waals surface area contributed by atoms with Crippen molar-refractivity contribution in [2.45, 2.75) is 33.6 Å². The van der Waals surface area contributed by atoms with Crippen LogP contribution in [0.25, 0.3) is 0 Å². The van der Waals surface area contributed by atoms with Gasteiger partial charge in [0.05, 0.1) is 0 Å². The highest BCUT2D eigenvalue weighted by Crippen LogP contribution is 2.34. The molecule has 0 radical (unpaired) electrons. The van der Waals surface area contributed by atoms with Gasteiger partial charge < -0.3 is 5.32 Å². The van der Waals surface area contributed by atoms with Crippen molar-refractivity contribution < 1.29 is 4.79 Å². The van der Waals surface area contributed by atoms with Crippen LogP contribution in [-0.2, 0) is 0 Å². The van der Waals surface area contributed by atoms with Gasteiger partial charge in [-0.2, -0.15) is 0 Å². The van der Waals surface area contributed by atoms with E-state index in [-0.39, 0.29) is 5.41 Å². The molecule has 2 heteroatoms. The van der Waals surface area contributed by atoms with Gasteiger partial charge in [0.15, 0.2) is 5.78 Å². The summed E-state index contributed by atoms with van der Waals surface area (Å²) in [7, 11) is 0. The van der Waals surface area contributed by atoms with E-state index in [4.69, 9.17) is 0 Å². The Balaban J connectivity index is 2.39. The number of Topliss-reactive ketones (excluding diaryl/α,β-unsaturated/α-hetero) is 1. The van der Waals surface area contributed by atoms with Crippen LogP contribution in [-0.4, -0.2) is 18.9 Å². The van der Waals surface area contributed by atoms with E-state index >= 15 is 0 Å². The zero-order valence-electron chi connectivity index (χ0n) is 11.0. The van der Waals surface area contributed by atoms with Gasteiger partial charge in [-0.1, -0.05) is 24.6 Å². The zero-order valence-corrected chi connectivity index (χ0v) is 11.0. The highest BCUT2D eigenvalue weighted by Gasteiger charge is 2.40. The van der Waals surface area contributed by atoms with Crippen molar-refractivity contribution in [3.63, 3.8) is 0 Å². The second kappa shape index (κ2) is 4.61. The third-order valence-corrected chi connectivity index (χ3v) is 4.04. The first-order chi connectivity index (χ1) is 8.09. The first-order valence-electron chi connectivity index (χ1n) is 6.42. The lowest BCUT2D eigenvalue weighted by Gasteiger charge is -2.25. The van der Waals surface area contributed by atoms with Crippen molar-refractivity contribution in [2.24, 2.45) is 5.41 Å². The van der Waals surface area contributed by atoms with Crippen LogP contribution < -0.4 is 5.32 Å². The average molecular weight is 231 g/mol. The summed E-state index contributed by atoms with van der Waals surface area (Å²) < 4.78 is 0. The van der Waals surface area contributed by atoms with Crippen LogP contribution in [0, 0.1) is 19.3 Å². The lowest BCUT2D eigenvalue weighted by molar-refractivity contribution is 0.0809. The number of carbonyl (C=O) groups is 1. The van der Waals surface area contributed by atoms with E-state index in [1.165, 1.54) is 0 Å². The smallest absolute Gasteiger partial charge is 0.170 e. The fourth-order valence-corrected chi connectivity index (χ4v) is 2.67. The molecule has 0 saturated carbocycles. The topological polar surface area (TPSA) is 29.1 Å². The number of hydrogen-bond acceptors (Lipinski definition) is 2. The molecule has 2 nitrogen and oxygen atoms in total. The predicted octanol–water partition coefficient (Wildman–Crippen LogP) is 2.88. The molecule has 1 N–H and O–H groups in total. The van der Waals surface area contributed by atoms with Crippen LogP contribution in [0.2, 0.25) is 0 Å². The standard InChI is InChI=1S/C15H21NO/c1-4-15(7-8-16-10-15)14(17)13-9-11(2)5-6-12(13)3/h5-6,9,16H,4,7-8,10H2,1-3H3. The molecule has 1 fully saturated rings. The fourth-order valence-electron chi connectivity index (χ4n) is 2.67. The summed E-state index contributed by atoms with van der Waals surface area (Å²) in [5.74, 6) is 0.325. The summed E-state index contributed by atoms with van der Waals surface area (Å²) in [6, 6.07) is 6.15. The van der Waals surface area contributed by atoms with E-state index in [2.05, 4.69) is 18.3 Å². The van der Waals surface area contributed by atoms with Crippen LogP contribution in [0.3, 0.4) is 0 Å². The number of hydrogen-bond donors (Lipinski definition) is 1. The fraction of sp³-hybridized carbons (Fsp3) is 0.533. The van der Waals surface area contributed by atoms with Crippen molar-refractivity contribution in [3.05, 3.63) is 34.9 Å². The summed E-state index contributed by atoms with van der Waals surface area (Å²) in [4.78, 5) is 12.7. The Morgan fingerprint density at radius 2 is 2.18 bits per heavy atom. The van der Waals surface area contributed by atoms with Crippen LogP contribution in [0.15, 0.2) is 18.2 Å². The van der Waals surface area contributed by atoms with E-state index in [0.29, 0.717) is 5.78 Å². The molecule has 1 aliphatic heterocycles. The maximum absolute atomic E-state index is 12.7. The number of carbonyl (C=O) groups excluding carboxylic acids is 1. The molecular weight excluding hydrogens is 210 g/mol. The predicted molar refractivity (Wildman–Crippen MR) is 70.5 cm³/mol. The number of ketones is 1. The van der Waals surface area contributed by atoms with Gasteiger partial charge in [-0.3, -0.25) is 4.79 Å².